The van der Waals surface area contributed by atoms with Crippen molar-refractivity contribution in [2.24, 2.45) is 0 Å². The molecule has 0 aliphatic rings. The number of hydrogen-bond acceptors (Lipinski definition) is 6. The minimum Gasteiger partial charge on any atom is -0.488 e. The van der Waals surface area contributed by atoms with Crippen LogP contribution in [0.2, 0.25) is 0 Å². The van der Waals surface area contributed by atoms with E-state index in [9.17, 15) is 18.4 Å². The van der Waals surface area contributed by atoms with Crippen molar-refractivity contribution in [2.75, 3.05) is 18.5 Å². The molecule has 2 rings (SSSR count). The first-order valence-corrected chi connectivity index (χ1v) is 8.82. The van der Waals surface area contributed by atoms with E-state index in [1.807, 2.05) is 0 Å². The fourth-order valence-electron chi connectivity index (χ4n) is 2.24. The highest BCUT2D eigenvalue weighted by Gasteiger charge is 2.23. The van der Waals surface area contributed by atoms with Crippen LogP contribution in [-0.4, -0.2) is 40.9 Å². The van der Waals surface area contributed by atoms with Gasteiger partial charge in [-0.25, -0.2) is 18.7 Å². The predicted molar refractivity (Wildman–Crippen MR) is 101 cm³/mol. The maximum absolute atomic E-state index is 13.0. The maximum Gasteiger partial charge on any atom is 0.278 e. The third-order valence-corrected chi connectivity index (χ3v) is 3.42. The Labute approximate surface area is 166 Å². The van der Waals surface area contributed by atoms with E-state index in [1.165, 1.54) is 31.5 Å². The van der Waals surface area contributed by atoms with Gasteiger partial charge in [0.2, 0.25) is 5.91 Å². The van der Waals surface area contributed by atoms with Crippen LogP contribution < -0.4 is 20.1 Å². The summed E-state index contributed by atoms with van der Waals surface area (Å²) in [6.45, 7) is 3.41. The molecule has 0 aromatic carbocycles. The number of carbonyl (C=O) groups is 2. The van der Waals surface area contributed by atoms with Crippen molar-refractivity contribution in [1.82, 2.24) is 15.3 Å². The van der Waals surface area contributed by atoms with Gasteiger partial charge in [-0.2, -0.15) is 0 Å². The summed E-state index contributed by atoms with van der Waals surface area (Å²) in [5.74, 6) is -3.26. The van der Waals surface area contributed by atoms with Gasteiger partial charge in [-0.05, 0) is 30.7 Å². The Hall–Kier alpha value is -3.30. The molecule has 29 heavy (non-hydrogen) atoms. The van der Waals surface area contributed by atoms with Gasteiger partial charge in [-0.15, -0.1) is 0 Å². The molecule has 2 aromatic rings. The van der Waals surface area contributed by atoms with E-state index in [2.05, 4.69) is 20.6 Å². The van der Waals surface area contributed by atoms with Gasteiger partial charge in [0, 0.05) is 38.3 Å². The zero-order valence-electron chi connectivity index (χ0n) is 16.3. The van der Waals surface area contributed by atoms with Crippen LogP contribution in [0.5, 0.6) is 11.6 Å². The van der Waals surface area contributed by atoms with Gasteiger partial charge in [-0.3, -0.25) is 9.59 Å². The Morgan fingerprint density at radius 1 is 1.21 bits per heavy atom. The van der Waals surface area contributed by atoms with Crippen LogP contribution in [0.4, 0.5) is 14.6 Å². The molecule has 2 heterocycles. The topological polar surface area (TPSA) is 102 Å². The number of nitrogens with one attached hydrogen (secondary N) is 2. The molecule has 2 N–H and O–H groups in total. The number of anilines is 1. The molecule has 0 spiro atoms. The third kappa shape index (κ3) is 7.32. The van der Waals surface area contributed by atoms with Crippen LogP contribution in [0, 0.1) is 0 Å². The van der Waals surface area contributed by atoms with Crippen LogP contribution in [0.15, 0.2) is 30.6 Å². The lowest BCUT2D eigenvalue weighted by Crippen LogP contribution is -2.23. The second kappa shape index (κ2) is 9.76. The van der Waals surface area contributed by atoms with E-state index in [0.717, 1.165) is 6.92 Å². The van der Waals surface area contributed by atoms with Crippen LogP contribution in [0.1, 0.15) is 36.7 Å². The van der Waals surface area contributed by atoms with Crippen molar-refractivity contribution in [2.45, 2.75) is 33.2 Å². The molecule has 0 bridgehead atoms. The van der Waals surface area contributed by atoms with Gasteiger partial charge < -0.3 is 20.1 Å². The quantitative estimate of drug-likeness (QED) is 0.662. The minimum absolute atomic E-state index is 0.0439. The molecule has 0 aliphatic carbocycles. The van der Waals surface area contributed by atoms with E-state index in [-0.39, 0.29) is 35.8 Å². The number of ether oxygens (including phenoxy) is 2. The maximum atomic E-state index is 13.0. The number of rotatable bonds is 9. The molecule has 10 heteroatoms. The largest absolute Gasteiger partial charge is 0.488 e. The van der Waals surface area contributed by atoms with E-state index in [1.54, 1.807) is 13.0 Å². The molecular weight excluding hydrogens is 386 g/mol. The average molecular weight is 408 g/mol. The van der Waals surface area contributed by atoms with Crippen LogP contribution >= 0.6 is 0 Å². The van der Waals surface area contributed by atoms with Gasteiger partial charge in [0.15, 0.2) is 12.4 Å². The molecule has 0 saturated carbocycles. The van der Waals surface area contributed by atoms with Gasteiger partial charge >= 0.3 is 0 Å². The van der Waals surface area contributed by atoms with Crippen molar-refractivity contribution in [3.05, 3.63) is 41.7 Å². The first-order valence-electron chi connectivity index (χ1n) is 8.82. The van der Waals surface area contributed by atoms with Crippen molar-refractivity contribution < 1.29 is 27.8 Å². The summed E-state index contributed by atoms with van der Waals surface area (Å²) < 4.78 is 36.4. The number of aromatic nitrogens is 2. The summed E-state index contributed by atoms with van der Waals surface area (Å²) in [7, 11) is 0. The monoisotopic (exact) mass is 408 g/mol. The normalized spacial score (nSPS) is 10.9. The first kappa shape index (κ1) is 22.0. The molecule has 2 amide bonds. The van der Waals surface area contributed by atoms with Crippen LogP contribution in [0.25, 0.3) is 0 Å². The Morgan fingerprint density at radius 3 is 2.62 bits per heavy atom. The molecule has 0 atom stereocenters. The zero-order chi connectivity index (χ0) is 21.4. The number of alkyl halides is 2. The number of carbonyl (C=O) groups excluding carboxylic acids is 2. The Balaban J connectivity index is 2.05. The lowest BCUT2D eigenvalue weighted by molar-refractivity contribution is -0.114. The fraction of sp³-hybridized carbons (Fsp3) is 0.368. The summed E-state index contributed by atoms with van der Waals surface area (Å²) in [6, 6.07) is 4.52. The number of hydrogen-bond donors (Lipinski definition) is 2. The molecule has 156 valence electrons. The molecule has 0 saturated heterocycles. The second-order valence-corrected chi connectivity index (χ2v) is 6.23. The third-order valence-electron chi connectivity index (χ3n) is 3.42. The molecule has 0 unspecified atom stereocenters. The zero-order valence-corrected chi connectivity index (χ0v) is 16.3. The lowest BCUT2D eigenvalue weighted by atomic mass is 10.2. The van der Waals surface area contributed by atoms with E-state index in [4.69, 9.17) is 9.47 Å². The Morgan fingerprint density at radius 2 is 1.97 bits per heavy atom. The minimum atomic E-state index is -3.00. The van der Waals surface area contributed by atoms with Gasteiger partial charge in [0.25, 0.3) is 17.7 Å². The summed E-state index contributed by atoms with van der Waals surface area (Å²) in [5.41, 5.74) is 0.903. The van der Waals surface area contributed by atoms with Crippen molar-refractivity contribution in [3.8, 4) is 11.6 Å². The Kier molecular flexibility index (Phi) is 7.40. The second-order valence-electron chi connectivity index (χ2n) is 6.23. The highest BCUT2D eigenvalue weighted by atomic mass is 19.3. The van der Waals surface area contributed by atoms with Crippen molar-refractivity contribution in [1.29, 1.82) is 0 Å². The van der Waals surface area contributed by atoms with Crippen LogP contribution in [0.3, 0.4) is 0 Å². The molecule has 2 aromatic heterocycles. The molecule has 8 nitrogen and oxygen atoms in total. The standard InChI is InChI=1S/C19H22F2N4O4/c1-4-28-15-7-13(10-24-18(15)29-11-19(3,20)21)9-23-17(27)14-5-6-22-16(8-14)25-12(2)26/h5-8,10H,4,9,11H2,1-3H3,(H,23,27)(H,22,25,26). The van der Waals surface area contributed by atoms with E-state index >= 15 is 0 Å². The number of halogens is 2. The van der Waals surface area contributed by atoms with Gasteiger partial charge in [0.1, 0.15) is 5.82 Å². The smallest absolute Gasteiger partial charge is 0.278 e. The highest BCUT2D eigenvalue weighted by molar-refractivity contribution is 5.96. The predicted octanol–water partition coefficient (Wildman–Crippen LogP) is 2.80. The molecular formula is C19H22F2N4O4. The van der Waals surface area contributed by atoms with E-state index in [0.29, 0.717) is 17.7 Å². The van der Waals surface area contributed by atoms with Gasteiger partial charge in [-0.1, -0.05) is 0 Å². The Bertz CT molecular complexity index is 872. The van der Waals surface area contributed by atoms with E-state index < -0.39 is 12.5 Å². The summed E-state index contributed by atoms with van der Waals surface area (Å²) in [4.78, 5) is 31.4. The first-order chi connectivity index (χ1) is 13.7. The van der Waals surface area contributed by atoms with Crippen molar-refractivity contribution in [3.63, 3.8) is 0 Å². The summed E-state index contributed by atoms with van der Waals surface area (Å²) in [6.07, 6.45) is 2.81. The fourth-order valence-corrected chi connectivity index (χ4v) is 2.24. The summed E-state index contributed by atoms with van der Waals surface area (Å²) >= 11 is 0. The molecule has 0 aliphatic heterocycles. The molecule has 0 radical (unpaired) electrons. The SMILES string of the molecule is CCOc1cc(CNC(=O)c2ccnc(NC(C)=O)c2)cnc1OCC(C)(F)F. The number of pyridine rings is 2. The number of nitrogens with zero attached hydrogens (tertiary/aromatic N) is 2. The van der Waals surface area contributed by atoms with Gasteiger partial charge in [0.05, 0.1) is 6.61 Å². The number of amides is 2. The molecule has 0 fully saturated rings. The summed E-state index contributed by atoms with van der Waals surface area (Å²) in [5, 5.41) is 5.21. The highest BCUT2D eigenvalue weighted by Crippen LogP contribution is 2.27. The average Bonchev–Trinajstić information content (AvgIpc) is 2.64. The lowest BCUT2D eigenvalue weighted by Gasteiger charge is -2.15. The van der Waals surface area contributed by atoms with Crippen LogP contribution in [-0.2, 0) is 11.3 Å². The van der Waals surface area contributed by atoms with Crippen molar-refractivity contribution >= 4 is 17.6 Å².